The lowest BCUT2D eigenvalue weighted by Gasteiger charge is -2.16. The van der Waals surface area contributed by atoms with Crippen LogP contribution in [0.15, 0.2) is 42.5 Å². The molecule has 0 bridgehead atoms. The number of carbonyl (C=O) groups excluding carboxylic acids is 1. The summed E-state index contributed by atoms with van der Waals surface area (Å²) in [5.41, 5.74) is 0.553. The van der Waals surface area contributed by atoms with Gasteiger partial charge in [0.15, 0.2) is 0 Å². The number of alkyl halides is 3. The molecular formula is C20H23F3N2O3. The summed E-state index contributed by atoms with van der Waals surface area (Å²) in [4.78, 5) is 12.2. The van der Waals surface area contributed by atoms with Crippen LogP contribution >= 0.6 is 0 Å². The molecule has 1 unspecified atom stereocenters. The van der Waals surface area contributed by atoms with Crippen LogP contribution in [0.4, 0.5) is 18.9 Å². The van der Waals surface area contributed by atoms with Gasteiger partial charge in [0.2, 0.25) is 5.91 Å². The van der Waals surface area contributed by atoms with Crippen molar-refractivity contribution < 1.29 is 27.4 Å². The normalized spacial score (nSPS) is 12.4. The van der Waals surface area contributed by atoms with E-state index in [9.17, 15) is 18.0 Å². The number of hydrogen-bond acceptors (Lipinski definition) is 4. The molecule has 0 saturated carbocycles. The Bertz CT molecular complexity index is 792. The number of nitrogens with one attached hydrogen (secondary N) is 2. The number of ether oxygens (including phenoxy) is 2. The van der Waals surface area contributed by atoms with E-state index in [1.54, 1.807) is 18.2 Å². The highest BCUT2D eigenvalue weighted by atomic mass is 19.4. The van der Waals surface area contributed by atoms with Crippen LogP contribution < -0.4 is 20.1 Å². The average Bonchev–Trinajstić information content (AvgIpc) is 2.66. The third-order valence-corrected chi connectivity index (χ3v) is 4.11. The van der Waals surface area contributed by atoms with Crippen molar-refractivity contribution in [3.63, 3.8) is 0 Å². The first kappa shape index (κ1) is 21.6. The second kappa shape index (κ2) is 9.45. The number of methoxy groups -OCH3 is 2. The smallest absolute Gasteiger partial charge is 0.416 e. The van der Waals surface area contributed by atoms with Gasteiger partial charge in [-0.2, -0.15) is 13.2 Å². The number of halogens is 3. The fourth-order valence-electron chi connectivity index (χ4n) is 2.56. The number of carbonyl (C=O) groups is 1. The second-order valence-electron chi connectivity index (χ2n) is 6.30. The minimum Gasteiger partial charge on any atom is -0.497 e. The number of hydrogen-bond donors (Lipinski definition) is 2. The van der Waals surface area contributed by atoms with Gasteiger partial charge in [-0.25, -0.2) is 0 Å². The molecule has 152 valence electrons. The molecule has 2 aromatic carbocycles. The molecule has 0 heterocycles. The van der Waals surface area contributed by atoms with Crippen LogP contribution in [0.1, 0.15) is 24.5 Å². The largest absolute Gasteiger partial charge is 0.497 e. The zero-order chi connectivity index (χ0) is 20.7. The van der Waals surface area contributed by atoms with Gasteiger partial charge in [0, 0.05) is 25.1 Å². The van der Waals surface area contributed by atoms with Gasteiger partial charge in [-0.15, -0.1) is 0 Å². The van der Waals surface area contributed by atoms with Gasteiger partial charge >= 0.3 is 6.18 Å². The van der Waals surface area contributed by atoms with E-state index in [0.717, 1.165) is 12.1 Å². The number of amides is 1. The molecule has 5 nitrogen and oxygen atoms in total. The number of anilines is 1. The summed E-state index contributed by atoms with van der Waals surface area (Å²) < 4.78 is 48.1. The SMILES string of the molecule is COc1ccc(NC(=O)CC(C)NCc2ccc(C(F)(F)F)cc2)c(OC)c1. The van der Waals surface area contributed by atoms with Crippen molar-refractivity contribution in [3.8, 4) is 11.5 Å². The van der Waals surface area contributed by atoms with Gasteiger partial charge in [-0.1, -0.05) is 12.1 Å². The van der Waals surface area contributed by atoms with Crippen LogP contribution in [0.25, 0.3) is 0 Å². The Hall–Kier alpha value is -2.74. The van der Waals surface area contributed by atoms with Crippen molar-refractivity contribution in [3.05, 3.63) is 53.6 Å². The van der Waals surface area contributed by atoms with Crippen molar-refractivity contribution in [2.45, 2.75) is 32.1 Å². The van der Waals surface area contributed by atoms with Gasteiger partial charge in [-0.3, -0.25) is 4.79 Å². The van der Waals surface area contributed by atoms with Crippen LogP contribution in [0, 0.1) is 0 Å². The Balaban J connectivity index is 1.86. The van der Waals surface area contributed by atoms with E-state index in [4.69, 9.17) is 9.47 Å². The molecule has 0 aromatic heterocycles. The zero-order valence-electron chi connectivity index (χ0n) is 15.9. The summed E-state index contributed by atoms with van der Waals surface area (Å²) in [6.07, 6.45) is -4.16. The third kappa shape index (κ3) is 6.16. The Morgan fingerprint density at radius 1 is 1.07 bits per heavy atom. The fraction of sp³-hybridized carbons (Fsp3) is 0.350. The molecule has 0 aliphatic heterocycles. The van der Waals surface area contributed by atoms with E-state index in [0.29, 0.717) is 29.3 Å². The van der Waals surface area contributed by atoms with Crippen molar-refractivity contribution in [1.82, 2.24) is 5.32 Å². The molecule has 0 saturated heterocycles. The maximum Gasteiger partial charge on any atom is 0.416 e. The molecule has 2 N–H and O–H groups in total. The predicted octanol–water partition coefficient (Wildman–Crippen LogP) is 4.23. The number of benzene rings is 2. The topological polar surface area (TPSA) is 59.6 Å². The van der Waals surface area contributed by atoms with Crippen LogP contribution in [-0.4, -0.2) is 26.2 Å². The molecule has 0 radical (unpaired) electrons. The lowest BCUT2D eigenvalue weighted by Crippen LogP contribution is -2.30. The highest BCUT2D eigenvalue weighted by Gasteiger charge is 2.29. The van der Waals surface area contributed by atoms with E-state index in [1.165, 1.54) is 26.4 Å². The molecular weight excluding hydrogens is 373 g/mol. The van der Waals surface area contributed by atoms with E-state index < -0.39 is 11.7 Å². The van der Waals surface area contributed by atoms with Crippen molar-refractivity contribution in [2.24, 2.45) is 0 Å². The van der Waals surface area contributed by atoms with E-state index in [-0.39, 0.29) is 18.4 Å². The average molecular weight is 396 g/mol. The molecule has 2 rings (SSSR count). The lowest BCUT2D eigenvalue weighted by atomic mass is 10.1. The first-order valence-electron chi connectivity index (χ1n) is 8.64. The maximum atomic E-state index is 12.6. The summed E-state index contributed by atoms with van der Waals surface area (Å²) >= 11 is 0. The first-order chi connectivity index (χ1) is 13.2. The Labute approximate surface area is 161 Å². The summed E-state index contributed by atoms with van der Waals surface area (Å²) in [5.74, 6) is 0.885. The van der Waals surface area contributed by atoms with Gasteiger partial charge in [-0.05, 0) is 36.8 Å². The Morgan fingerprint density at radius 2 is 1.75 bits per heavy atom. The number of rotatable bonds is 8. The molecule has 2 aromatic rings. The van der Waals surface area contributed by atoms with Crippen molar-refractivity contribution in [2.75, 3.05) is 19.5 Å². The summed E-state index contributed by atoms with van der Waals surface area (Å²) in [7, 11) is 3.04. The molecule has 0 fully saturated rings. The molecule has 0 aliphatic carbocycles. The Morgan fingerprint density at radius 3 is 2.32 bits per heavy atom. The van der Waals surface area contributed by atoms with Gasteiger partial charge in [0.25, 0.3) is 0 Å². The van der Waals surface area contributed by atoms with Gasteiger partial charge in [0.05, 0.1) is 25.5 Å². The quantitative estimate of drug-likeness (QED) is 0.701. The fourth-order valence-corrected chi connectivity index (χ4v) is 2.56. The third-order valence-electron chi connectivity index (χ3n) is 4.11. The minimum absolute atomic E-state index is 0.175. The lowest BCUT2D eigenvalue weighted by molar-refractivity contribution is -0.137. The van der Waals surface area contributed by atoms with E-state index in [1.807, 2.05) is 6.92 Å². The van der Waals surface area contributed by atoms with Crippen LogP contribution in [-0.2, 0) is 17.5 Å². The summed E-state index contributed by atoms with van der Waals surface area (Å²) in [6, 6.07) is 9.83. The van der Waals surface area contributed by atoms with Crippen LogP contribution in [0.3, 0.4) is 0 Å². The zero-order valence-corrected chi connectivity index (χ0v) is 15.9. The maximum absolute atomic E-state index is 12.6. The molecule has 28 heavy (non-hydrogen) atoms. The first-order valence-corrected chi connectivity index (χ1v) is 8.64. The molecule has 1 atom stereocenters. The van der Waals surface area contributed by atoms with E-state index in [2.05, 4.69) is 10.6 Å². The minimum atomic E-state index is -4.35. The second-order valence-corrected chi connectivity index (χ2v) is 6.30. The summed E-state index contributed by atoms with van der Waals surface area (Å²) in [6.45, 7) is 2.19. The van der Waals surface area contributed by atoms with Crippen LogP contribution in [0.2, 0.25) is 0 Å². The molecule has 0 aliphatic rings. The van der Waals surface area contributed by atoms with Crippen LogP contribution in [0.5, 0.6) is 11.5 Å². The highest BCUT2D eigenvalue weighted by Crippen LogP contribution is 2.30. The van der Waals surface area contributed by atoms with Crippen molar-refractivity contribution >= 4 is 11.6 Å². The van der Waals surface area contributed by atoms with Gasteiger partial charge < -0.3 is 20.1 Å². The standard InChI is InChI=1S/C20H23F3N2O3/c1-13(24-12-14-4-6-15(7-5-14)20(21,22)23)10-19(26)25-17-9-8-16(27-2)11-18(17)28-3/h4-9,11,13,24H,10,12H2,1-3H3,(H,25,26). The highest BCUT2D eigenvalue weighted by molar-refractivity contribution is 5.92. The molecule has 1 amide bonds. The summed E-state index contributed by atoms with van der Waals surface area (Å²) in [5, 5.41) is 5.91. The molecule has 8 heteroatoms. The monoisotopic (exact) mass is 396 g/mol. The van der Waals surface area contributed by atoms with Gasteiger partial charge in [0.1, 0.15) is 11.5 Å². The van der Waals surface area contributed by atoms with E-state index >= 15 is 0 Å². The Kier molecular flexibility index (Phi) is 7.28. The molecule has 0 spiro atoms. The van der Waals surface area contributed by atoms with Crippen molar-refractivity contribution in [1.29, 1.82) is 0 Å². The predicted molar refractivity (Wildman–Crippen MR) is 101 cm³/mol.